The number of methoxy groups -OCH3 is 2. The van der Waals surface area contributed by atoms with E-state index in [-0.39, 0.29) is 17.6 Å². The number of aromatic amines is 1. The maximum Gasteiger partial charge on any atom is 0.340 e. The van der Waals surface area contributed by atoms with Crippen molar-refractivity contribution in [3.63, 3.8) is 0 Å². The highest BCUT2D eigenvalue weighted by atomic mass is 79.9. The fourth-order valence-electron chi connectivity index (χ4n) is 4.35. The van der Waals surface area contributed by atoms with Crippen molar-refractivity contribution in [2.75, 3.05) is 36.7 Å². The van der Waals surface area contributed by atoms with E-state index in [9.17, 15) is 14.7 Å². The lowest BCUT2D eigenvalue weighted by molar-refractivity contribution is -0.114. The van der Waals surface area contributed by atoms with Crippen LogP contribution in [-0.2, 0) is 9.53 Å². The number of nitrogens with two attached hydrogens (primary N) is 1. The maximum absolute atomic E-state index is 13.2. The molecule has 4 rings (SSSR count). The Kier molecular flexibility index (Phi) is 6.07. The Hall–Kier alpha value is -3.46. The number of aryl methyl sites for hydroxylation is 1. The number of rotatable bonds is 5. The summed E-state index contributed by atoms with van der Waals surface area (Å²) < 4.78 is 10.1. The SMILES string of the molecule is COC(=O)c1c(C)[nH]c2c(O)cc3c(c12)[C@H](CBr)CN3C(=O)/C=C/c1ccc(OC)c(N)c1. The normalized spacial score (nSPS) is 15.3. The molecule has 33 heavy (non-hydrogen) atoms. The molecule has 0 fully saturated rings. The third kappa shape index (κ3) is 3.82. The van der Waals surface area contributed by atoms with Gasteiger partial charge in [-0.2, -0.15) is 0 Å². The highest BCUT2D eigenvalue weighted by molar-refractivity contribution is 9.09. The van der Waals surface area contributed by atoms with Crippen LogP contribution in [0.4, 0.5) is 11.4 Å². The molecule has 1 aliphatic heterocycles. The van der Waals surface area contributed by atoms with Crippen molar-refractivity contribution in [3.05, 3.63) is 52.7 Å². The summed E-state index contributed by atoms with van der Waals surface area (Å²) in [6.07, 6.45) is 3.14. The smallest absolute Gasteiger partial charge is 0.340 e. The Balaban J connectivity index is 1.77. The number of esters is 1. The Morgan fingerprint density at radius 3 is 2.73 bits per heavy atom. The van der Waals surface area contributed by atoms with Crippen LogP contribution in [-0.4, -0.2) is 48.1 Å². The minimum absolute atomic E-state index is 0.0399. The molecule has 1 aromatic heterocycles. The zero-order valence-electron chi connectivity index (χ0n) is 18.4. The van der Waals surface area contributed by atoms with Gasteiger partial charge in [-0.25, -0.2) is 4.79 Å². The summed E-state index contributed by atoms with van der Waals surface area (Å²) >= 11 is 3.54. The van der Waals surface area contributed by atoms with Gasteiger partial charge in [0.15, 0.2) is 0 Å². The number of ether oxygens (including phenoxy) is 2. The summed E-state index contributed by atoms with van der Waals surface area (Å²) in [7, 11) is 2.86. The molecule has 4 N–H and O–H groups in total. The van der Waals surface area contributed by atoms with Crippen molar-refractivity contribution >= 4 is 56.2 Å². The van der Waals surface area contributed by atoms with Crippen LogP contribution in [0.25, 0.3) is 17.0 Å². The topological polar surface area (TPSA) is 118 Å². The van der Waals surface area contributed by atoms with Gasteiger partial charge < -0.3 is 30.2 Å². The zero-order valence-corrected chi connectivity index (χ0v) is 20.0. The van der Waals surface area contributed by atoms with Crippen molar-refractivity contribution in [1.29, 1.82) is 0 Å². The molecular formula is C24H24BrN3O5. The van der Waals surface area contributed by atoms with Crippen molar-refractivity contribution < 1.29 is 24.2 Å². The van der Waals surface area contributed by atoms with Gasteiger partial charge in [-0.1, -0.05) is 22.0 Å². The average Bonchev–Trinajstić information content (AvgIpc) is 3.34. The number of benzene rings is 2. The summed E-state index contributed by atoms with van der Waals surface area (Å²) in [4.78, 5) is 30.4. The summed E-state index contributed by atoms with van der Waals surface area (Å²) in [5.74, 6) is -0.297. The number of phenolic OH excluding ortho intramolecular Hbond substituents is 1. The molecule has 1 atom stereocenters. The van der Waals surface area contributed by atoms with E-state index >= 15 is 0 Å². The Labute approximate surface area is 199 Å². The number of hydrogen-bond donors (Lipinski definition) is 3. The van der Waals surface area contributed by atoms with Crippen LogP contribution in [0.3, 0.4) is 0 Å². The second-order valence-corrected chi connectivity index (χ2v) is 8.48. The van der Waals surface area contributed by atoms with Crippen LogP contribution < -0.4 is 15.4 Å². The molecule has 1 aliphatic rings. The molecule has 172 valence electrons. The largest absolute Gasteiger partial charge is 0.506 e. The summed E-state index contributed by atoms with van der Waals surface area (Å²) in [6, 6.07) is 6.83. The fourth-order valence-corrected chi connectivity index (χ4v) is 4.87. The van der Waals surface area contributed by atoms with E-state index in [1.807, 2.05) is 0 Å². The van der Waals surface area contributed by atoms with Gasteiger partial charge in [-0.3, -0.25) is 4.79 Å². The molecule has 0 saturated carbocycles. The number of aromatic hydroxyl groups is 1. The molecule has 0 bridgehead atoms. The zero-order chi connectivity index (χ0) is 23.9. The number of H-pyrrole nitrogens is 1. The van der Waals surface area contributed by atoms with Gasteiger partial charge >= 0.3 is 5.97 Å². The van der Waals surface area contributed by atoms with Crippen LogP contribution in [0.15, 0.2) is 30.3 Å². The average molecular weight is 514 g/mol. The number of nitrogens with zero attached hydrogens (tertiary/aromatic N) is 1. The third-order valence-corrected chi connectivity index (χ3v) is 6.66. The molecular weight excluding hydrogens is 490 g/mol. The van der Waals surface area contributed by atoms with Crippen molar-refractivity contribution in [3.8, 4) is 11.5 Å². The molecule has 2 aromatic carbocycles. The second kappa shape index (κ2) is 8.82. The first-order valence-corrected chi connectivity index (χ1v) is 11.4. The summed E-state index contributed by atoms with van der Waals surface area (Å²) in [6.45, 7) is 2.15. The number of fused-ring (bicyclic) bond motifs is 3. The standard InChI is InChI=1S/C24H24BrN3O5/c1-12-20(24(31)33-3)22-21-14(10-25)11-28(16(21)9-17(29)23(22)27-12)19(30)7-5-13-4-6-18(32-2)15(26)8-13/h4-9,14,27,29H,10-11,26H2,1-3H3/b7-5+/t14-/m1/s1. The molecule has 0 radical (unpaired) electrons. The maximum atomic E-state index is 13.2. The lowest BCUT2D eigenvalue weighted by Gasteiger charge is -2.16. The number of halogens is 1. The molecule has 0 saturated heterocycles. The molecule has 1 amide bonds. The number of aromatic nitrogens is 1. The number of phenols is 1. The van der Waals surface area contributed by atoms with Crippen LogP contribution >= 0.6 is 15.9 Å². The minimum atomic E-state index is -0.498. The summed E-state index contributed by atoms with van der Waals surface area (Å²) in [5, 5.41) is 11.9. The number of nitrogen functional groups attached to an aromatic ring is 1. The van der Waals surface area contributed by atoms with Crippen molar-refractivity contribution in [2.45, 2.75) is 12.8 Å². The highest BCUT2D eigenvalue weighted by Gasteiger charge is 2.36. The molecule has 8 nitrogen and oxygen atoms in total. The number of alkyl halides is 1. The number of carbonyl (C=O) groups is 2. The van der Waals surface area contributed by atoms with Crippen molar-refractivity contribution in [2.24, 2.45) is 0 Å². The lowest BCUT2D eigenvalue weighted by atomic mass is 9.96. The van der Waals surface area contributed by atoms with Gasteiger partial charge in [0.05, 0.1) is 36.7 Å². The number of amides is 1. The van der Waals surface area contributed by atoms with Crippen LogP contribution in [0.2, 0.25) is 0 Å². The van der Waals surface area contributed by atoms with Gasteiger partial charge in [0.25, 0.3) is 5.91 Å². The predicted molar refractivity (Wildman–Crippen MR) is 131 cm³/mol. The first kappa shape index (κ1) is 22.7. The van der Waals surface area contributed by atoms with E-state index in [4.69, 9.17) is 15.2 Å². The van der Waals surface area contributed by atoms with E-state index < -0.39 is 5.97 Å². The summed E-state index contributed by atoms with van der Waals surface area (Å²) in [5.41, 5.74) is 9.98. The first-order chi connectivity index (χ1) is 15.8. The highest BCUT2D eigenvalue weighted by Crippen LogP contribution is 2.47. The number of nitrogens with one attached hydrogen (secondary N) is 1. The van der Waals surface area contributed by atoms with Gasteiger partial charge in [0.1, 0.15) is 11.5 Å². The Bertz CT molecular complexity index is 1300. The van der Waals surface area contributed by atoms with E-state index in [1.165, 1.54) is 13.2 Å². The Morgan fingerprint density at radius 1 is 1.33 bits per heavy atom. The third-order valence-electron chi connectivity index (χ3n) is 5.88. The second-order valence-electron chi connectivity index (χ2n) is 7.83. The number of hydrogen-bond acceptors (Lipinski definition) is 6. The molecule has 0 unspecified atom stereocenters. The van der Waals surface area contributed by atoms with Crippen LogP contribution in [0, 0.1) is 6.92 Å². The van der Waals surface area contributed by atoms with E-state index in [1.54, 1.807) is 49.3 Å². The lowest BCUT2D eigenvalue weighted by Crippen LogP contribution is -2.28. The van der Waals surface area contributed by atoms with Gasteiger partial charge in [0, 0.05) is 41.0 Å². The fraction of sp³-hybridized carbons (Fsp3) is 0.250. The number of carbonyl (C=O) groups excluding carboxylic acids is 2. The monoisotopic (exact) mass is 513 g/mol. The Morgan fingerprint density at radius 2 is 2.09 bits per heavy atom. The van der Waals surface area contributed by atoms with Gasteiger partial charge in [-0.15, -0.1) is 0 Å². The molecule has 0 spiro atoms. The predicted octanol–water partition coefficient (Wildman–Crippen LogP) is 4.10. The van der Waals surface area contributed by atoms with Gasteiger partial charge in [0.2, 0.25) is 0 Å². The van der Waals surface area contributed by atoms with E-state index in [0.717, 1.165) is 11.1 Å². The van der Waals surface area contributed by atoms with Crippen LogP contribution in [0.1, 0.15) is 33.1 Å². The van der Waals surface area contributed by atoms with E-state index in [2.05, 4.69) is 20.9 Å². The van der Waals surface area contributed by atoms with Gasteiger partial charge in [-0.05, 0) is 36.3 Å². The molecule has 9 heteroatoms. The number of anilines is 2. The van der Waals surface area contributed by atoms with Crippen molar-refractivity contribution in [1.82, 2.24) is 4.98 Å². The quantitative estimate of drug-likeness (QED) is 0.204. The minimum Gasteiger partial charge on any atom is -0.506 e. The molecule has 3 aromatic rings. The first-order valence-electron chi connectivity index (χ1n) is 10.3. The van der Waals surface area contributed by atoms with E-state index in [0.29, 0.717) is 51.2 Å². The van der Waals surface area contributed by atoms with Crippen LogP contribution in [0.5, 0.6) is 11.5 Å². The molecule has 2 heterocycles. The molecule has 0 aliphatic carbocycles.